The van der Waals surface area contributed by atoms with E-state index in [0.717, 1.165) is 6.42 Å². The van der Waals surface area contributed by atoms with Gasteiger partial charge in [-0.25, -0.2) is 4.79 Å². The van der Waals surface area contributed by atoms with Crippen molar-refractivity contribution >= 4 is 29.1 Å². The van der Waals surface area contributed by atoms with Gasteiger partial charge in [0.2, 0.25) is 5.91 Å². The molecule has 2 aliphatic heterocycles. The molecule has 1 atom stereocenters. The first-order valence-electron chi connectivity index (χ1n) is 9.90. The smallest absolute Gasteiger partial charge is 0.322 e. The van der Waals surface area contributed by atoms with Gasteiger partial charge in [0.05, 0.1) is 0 Å². The second-order valence-corrected chi connectivity index (χ2v) is 7.27. The molecule has 2 heterocycles. The second-order valence-electron chi connectivity index (χ2n) is 7.27. The zero-order valence-corrected chi connectivity index (χ0v) is 16.6. The van der Waals surface area contributed by atoms with E-state index in [1.165, 1.54) is 11.8 Å². The third kappa shape index (κ3) is 4.22. The molecule has 8 heteroatoms. The lowest BCUT2D eigenvalue weighted by Crippen LogP contribution is -2.45. The highest BCUT2D eigenvalue weighted by Crippen LogP contribution is 2.33. The fourth-order valence-electron chi connectivity index (χ4n) is 3.64. The van der Waals surface area contributed by atoms with E-state index >= 15 is 0 Å². The van der Waals surface area contributed by atoms with Crippen LogP contribution in [0.4, 0.5) is 16.2 Å². The number of carbonyl (C=O) groups is 3. The number of nitrogens with zero attached hydrogens (tertiary/aromatic N) is 1. The average molecular weight is 409 g/mol. The van der Waals surface area contributed by atoms with Gasteiger partial charge in [0.15, 0.2) is 17.3 Å². The number of rotatable bonds is 4. The molecular formula is C22H23N3O5. The van der Waals surface area contributed by atoms with E-state index in [2.05, 4.69) is 10.6 Å². The van der Waals surface area contributed by atoms with Gasteiger partial charge < -0.3 is 25.0 Å². The molecule has 0 unspecified atom stereocenters. The molecule has 156 valence electrons. The first-order chi connectivity index (χ1) is 14.5. The molecule has 0 radical (unpaired) electrons. The fourth-order valence-corrected chi connectivity index (χ4v) is 3.64. The summed E-state index contributed by atoms with van der Waals surface area (Å²) < 4.78 is 11.0. The number of ether oxygens (including phenoxy) is 2. The number of likely N-dealkylation sites (tertiary alicyclic amines) is 1. The van der Waals surface area contributed by atoms with E-state index < -0.39 is 6.04 Å². The predicted molar refractivity (Wildman–Crippen MR) is 111 cm³/mol. The zero-order valence-electron chi connectivity index (χ0n) is 16.6. The van der Waals surface area contributed by atoms with Gasteiger partial charge in [-0.3, -0.25) is 9.59 Å². The quantitative estimate of drug-likeness (QED) is 0.756. The maximum atomic E-state index is 12.8. The van der Waals surface area contributed by atoms with Crippen LogP contribution in [0, 0.1) is 0 Å². The van der Waals surface area contributed by atoms with Crippen molar-refractivity contribution in [3.05, 3.63) is 48.0 Å². The van der Waals surface area contributed by atoms with Crippen LogP contribution < -0.4 is 20.1 Å². The number of amides is 3. The topological polar surface area (TPSA) is 97.0 Å². The number of hydrogen-bond acceptors (Lipinski definition) is 5. The summed E-state index contributed by atoms with van der Waals surface area (Å²) in [5.41, 5.74) is 1.62. The SMILES string of the molecule is CC(=O)c1cccc(NC(=O)N2CCC[C@H]2C(=O)Nc2ccc3c(c2)OCCO3)c1. The monoisotopic (exact) mass is 409 g/mol. The van der Waals surface area contributed by atoms with E-state index in [4.69, 9.17) is 9.47 Å². The lowest BCUT2D eigenvalue weighted by Gasteiger charge is -2.25. The van der Waals surface area contributed by atoms with Crippen LogP contribution in [-0.4, -0.2) is 48.4 Å². The number of ketones is 1. The molecule has 0 saturated carbocycles. The largest absolute Gasteiger partial charge is 0.486 e. The summed E-state index contributed by atoms with van der Waals surface area (Å²) in [4.78, 5) is 38.7. The van der Waals surface area contributed by atoms with E-state index in [1.807, 2.05) is 0 Å². The summed E-state index contributed by atoms with van der Waals surface area (Å²) in [6.45, 7) is 2.92. The first kappa shape index (κ1) is 19.8. The van der Waals surface area contributed by atoms with E-state index in [9.17, 15) is 14.4 Å². The zero-order chi connectivity index (χ0) is 21.1. The molecule has 8 nitrogen and oxygen atoms in total. The Kier molecular flexibility index (Phi) is 5.56. The van der Waals surface area contributed by atoms with E-state index in [0.29, 0.717) is 54.6 Å². The van der Waals surface area contributed by atoms with Crippen molar-refractivity contribution in [1.82, 2.24) is 4.90 Å². The van der Waals surface area contributed by atoms with Crippen LogP contribution in [-0.2, 0) is 4.79 Å². The summed E-state index contributed by atoms with van der Waals surface area (Å²) in [6.07, 6.45) is 1.32. The number of nitrogens with one attached hydrogen (secondary N) is 2. The number of Topliss-reactive ketones (excluding diaryl/α,β-unsaturated/α-hetero) is 1. The summed E-state index contributed by atoms with van der Waals surface area (Å²) in [6, 6.07) is 11.0. The van der Waals surface area contributed by atoms with Crippen LogP contribution in [0.2, 0.25) is 0 Å². The number of anilines is 2. The van der Waals surface area contributed by atoms with Gasteiger partial charge in [-0.05, 0) is 44.0 Å². The normalized spacial score (nSPS) is 17.4. The summed E-state index contributed by atoms with van der Waals surface area (Å²) >= 11 is 0. The van der Waals surface area contributed by atoms with Gasteiger partial charge in [-0.15, -0.1) is 0 Å². The molecule has 0 aromatic heterocycles. The minimum Gasteiger partial charge on any atom is -0.486 e. The minimum absolute atomic E-state index is 0.0797. The van der Waals surface area contributed by atoms with Crippen LogP contribution in [0.1, 0.15) is 30.1 Å². The molecule has 30 heavy (non-hydrogen) atoms. The molecule has 0 spiro atoms. The second kappa shape index (κ2) is 8.44. The Bertz CT molecular complexity index is 990. The molecule has 2 aromatic rings. The lowest BCUT2D eigenvalue weighted by atomic mass is 10.1. The molecule has 1 fully saturated rings. The van der Waals surface area contributed by atoms with Crippen LogP contribution in [0.5, 0.6) is 11.5 Å². The molecule has 0 aliphatic carbocycles. The molecule has 3 amide bonds. The van der Waals surface area contributed by atoms with Crippen molar-refractivity contribution in [2.24, 2.45) is 0 Å². The Hall–Kier alpha value is -3.55. The number of urea groups is 1. The third-order valence-electron chi connectivity index (χ3n) is 5.15. The Morgan fingerprint density at radius 1 is 0.967 bits per heavy atom. The highest BCUT2D eigenvalue weighted by atomic mass is 16.6. The van der Waals surface area contributed by atoms with Crippen LogP contribution in [0.3, 0.4) is 0 Å². The molecule has 1 saturated heterocycles. The Morgan fingerprint density at radius 2 is 1.73 bits per heavy atom. The van der Waals surface area contributed by atoms with E-state index in [1.54, 1.807) is 42.5 Å². The first-order valence-corrected chi connectivity index (χ1v) is 9.90. The number of benzene rings is 2. The van der Waals surface area contributed by atoms with Gasteiger partial charge >= 0.3 is 6.03 Å². The Balaban J connectivity index is 1.42. The maximum absolute atomic E-state index is 12.8. The number of carbonyl (C=O) groups excluding carboxylic acids is 3. The van der Waals surface area contributed by atoms with Crippen molar-refractivity contribution < 1.29 is 23.9 Å². The number of fused-ring (bicyclic) bond motifs is 1. The van der Waals surface area contributed by atoms with Crippen LogP contribution in [0.15, 0.2) is 42.5 Å². The predicted octanol–water partition coefficient (Wildman–Crippen LogP) is 3.30. The van der Waals surface area contributed by atoms with Crippen molar-refractivity contribution in [3.63, 3.8) is 0 Å². The summed E-state index contributed by atoms with van der Waals surface area (Å²) in [5, 5.41) is 5.65. The minimum atomic E-state index is -0.575. The van der Waals surface area contributed by atoms with E-state index in [-0.39, 0.29) is 17.7 Å². The Labute approximate surface area is 174 Å². The van der Waals surface area contributed by atoms with Gasteiger partial charge in [0.1, 0.15) is 19.3 Å². The molecular weight excluding hydrogens is 386 g/mol. The van der Waals surface area contributed by atoms with Gasteiger partial charge in [-0.1, -0.05) is 12.1 Å². The Morgan fingerprint density at radius 3 is 2.53 bits per heavy atom. The average Bonchev–Trinajstić information content (AvgIpc) is 3.24. The molecule has 2 aromatic carbocycles. The maximum Gasteiger partial charge on any atom is 0.322 e. The summed E-state index contributed by atoms with van der Waals surface area (Å²) in [7, 11) is 0. The molecule has 0 bridgehead atoms. The molecule has 4 rings (SSSR count). The van der Waals surface area contributed by atoms with Crippen molar-refractivity contribution in [2.75, 3.05) is 30.4 Å². The molecule has 2 aliphatic rings. The van der Waals surface area contributed by atoms with Gasteiger partial charge in [0, 0.05) is 29.5 Å². The van der Waals surface area contributed by atoms with Crippen molar-refractivity contribution in [3.8, 4) is 11.5 Å². The highest BCUT2D eigenvalue weighted by molar-refractivity contribution is 6.00. The fraction of sp³-hybridized carbons (Fsp3) is 0.318. The summed E-state index contributed by atoms with van der Waals surface area (Å²) in [5.74, 6) is 0.903. The van der Waals surface area contributed by atoms with Crippen LogP contribution >= 0.6 is 0 Å². The highest BCUT2D eigenvalue weighted by Gasteiger charge is 2.34. The molecule has 2 N–H and O–H groups in total. The van der Waals surface area contributed by atoms with Gasteiger partial charge in [0.25, 0.3) is 0 Å². The van der Waals surface area contributed by atoms with Gasteiger partial charge in [-0.2, -0.15) is 0 Å². The third-order valence-corrected chi connectivity index (χ3v) is 5.15. The van der Waals surface area contributed by atoms with Crippen molar-refractivity contribution in [2.45, 2.75) is 25.8 Å². The standard InChI is InChI=1S/C22H23N3O5/c1-14(26)15-4-2-5-16(12-15)24-22(28)25-9-3-6-18(25)21(27)23-17-7-8-19-20(13-17)30-11-10-29-19/h2,4-5,7-8,12-13,18H,3,6,9-11H2,1H3,(H,23,27)(H,24,28)/t18-/m0/s1. The number of hydrogen-bond donors (Lipinski definition) is 2. The van der Waals surface area contributed by atoms with Crippen molar-refractivity contribution in [1.29, 1.82) is 0 Å². The lowest BCUT2D eigenvalue weighted by molar-refractivity contribution is -0.119. The van der Waals surface area contributed by atoms with Crippen LogP contribution in [0.25, 0.3) is 0 Å².